The summed E-state index contributed by atoms with van der Waals surface area (Å²) < 4.78 is 0. The van der Waals surface area contributed by atoms with Crippen molar-refractivity contribution < 1.29 is 14.7 Å². The number of amides is 1. The van der Waals surface area contributed by atoms with Gasteiger partial charge in [0.05, 0.1) is 0 Å². The maximum absolute atomic E-state index is 12.5. The standard InChI is InChI=1S/C39H77NO3/c1-3-5-7-9-11-13-15-17-19-21-23-25-27-29-31-33-35-40(38(41)37-39(42)43)36-34-32-30-28-26-24-22-20-18-16-14-12-10-8-6-4-2/h3-37H2,1-2H3,(H,42,43). The molecule has 1 amide bonds. The summed E-state index contributed by atoms with van der Waals surface area (Å²) in [4.78, 5) is 25.4. The fourth-order valence-electron chi connectivity index (χ4n) is 6.30. The van der Waals surface area contributed by atoms with Crippen LogP contribution in [0, 0.1) is 0 Å². The summed E-state index contributed by atoms with van der Waals surface area (Å²) in [5, 5.41) is 9.11. The average Bonchev–Trinajstić information content (AvgIpc) is 2.99. The zero-order chi connectivity index (χ0) is 31.5. The molecule has 0 aliphatic carbocycles. The molecule has 0 radical (unpaired) electrons. The Morgan fingerprint density at radius 1 is 0.372 bits per heavy atom. The van der Waals surface area contributed by atoms with Gasteiger partial charge in [0.2, 0.25) is 5.91 Å². The van der Waals surface area contributed by atoms with Crippen molar-refractivity contribution in [3.05, 3.63) is 0 Å². The van der Waals surface area contributed by atoms with Gasteiger partial charge in [0.1, 0.15) is 6.42 Å². The van der Waals surface area contributed by atoms with Crippen molar-refractivity contribution in [2.24, 2.45) is 0 Å². The van der Waals surface area contributed by atoms with Crippen molar-refractivity contribution in [1.82, 2.24) is 4.90 Å². The van der Waals surface area contributed by atoms with E-state index in [0.29, 0.717) is 0 Å². The first-order chi connectivity index (χ1) is 21.1. The smallest absolute Gasteiger partial charge is 0.312 e. The molecular weight excluding hydrogens is 530 g/mol. The Labute approximate surface area is 269 Å². The highest BCUT2D eigenvalue weighted by Crippen LogP contribution is 2.16. The molecule has 0 aromatic rings. The molecule has 0 saturated carbocycles. The lowest BCUT2D eigenvalue weighted by Gasteiger charge is -2.22. The minimum atomic E-state index is -1.01. The van der Waals surface area contributed by atoms with Crippen LogP contribution in [0.1, 0.15) is 226 Å². The summed E-state index contributed by atoms with van der Waals surface area (Å²) in [6.07, 6.45) is 42.5. The number of carboxylic acids is 1. The molecule has 0 unspecified atom stereocenters. The van der Waals surface area contributed by atoms with Crippen LogP contribution in [0.2, 0.25) is 0 Å². The second-order valence-corrected chi connectivity index (χ2v) is 13.6. The molecule has 0 spiro atoms. The number of nitrogens with zero attached hydrogens (tertiary/aromatic N) is 1. The third-order valence-electron chi connectivity index (χ3n) is 9.22. The summed E-state index contributed by atoms with van der Waals surface area (Å²) in [7, 11) is 0. The summed E-state index contributed by atoms with van der Waals surface area (Å²) in [6, 6.07) is 0. The fourth-order valence-corrected chi connectivity index (χ4v) is 6.30. The Morgan fingerprint density at radius 2 is 0.581 bits per heavy atom. The van der Waals surface area contributed by atoms with Crippen molar-refractivity contribution in [2.75, 3.05) is 13.1 Å². The molecule has 0 fully saturated rings. The number of rotatable bonds is 36. The summed E-state index contributed by atoms with van der Waals surface area (Å²) in [6.45, 7) is 6.01. The van der Waals surface area contributed by atoms with E-state index in [1.54, 1.807) is 0 Å². The predicted molar refractivity (Wildman–Crippen MR) is 188 cm³/mol. The zero-order valence-electron chi connectivity index (χ0n) is 29.5. The van der Waals surface area contributed by atoms with Crippen molar-refractivity contribution in [2.45, 2.75) is 226 Å². The zero-order valence-corrected chi connectivity index (χ0v) is 29.5. The molecule has 43 heavy (non-hydrogen) atoms. The van der Waals surface area contributed by atoms with Gasteiger partial charge in [-0.1, -0.05) is 206 Å². The van der Waals surface area contributed by atoms with Crippen LogP contribution in [0.15, 0.2) is 0 Å². The predicted octanol–water partition coefficient (Wildman–Crippen LogP) is 12.8. The van der Waals surface area contributed by atoms with E-state index in [2.05, 4.69) is 13.8 Å². The number of unbranched alkanes of at least 4 members (excludes halogenated alkanes) is 30. The topological polar surface area (TPSA) is 57.6 Å². The molecular formula is C39H77NO3. The minimum Gasteiger partial charge on any atom is -0.481 e. The third kappa shape index (κ3) is 33.7. The summed E-state index contributed by atoms with van der Waals surface area (Å²) >= 11 is 0. The molecule has 1 N–H and O–H groups in total. The van der Waals surface area contributed by atoms with Gasteiger partial charge < -0.3 is 10.0 Å². The second-order valence-electron chi connectivity index (χ2n) is 13.6. The van der Waals surface area contributed by atoms with Crippen molar-refractivity contribution >= 4 is 11.9 Å². The maximum Gasteiger partial charge on any atom is 0.312 e. The van der Waals surface area contributed by atoms with E-state index in [1.165, 1.54) is 180 Å². The van der Waals surface area contributed by atoms with E-state index in [9.17, 15) is 9.59 Å². The third-order valence-corrected chi connectivity index (χ3v) is 9.22. The highest BCUT2D eigenvalue weighted by atomic mass is 16.4. The molecule has 0 aliphatic rings. The average molecular weight is 608 g/mol. The second kappa shape index (κ2) is 35.4. The number of hydrogen-bond donors (Lipinski definition) is 1. The van der Waals surface area contributed by atoms with E-state index in [0.717, 1.165) is 38.8 Å². The Morgan fingerprint density at radius 3 is 0.791 bits per heavy atom. The van der Waals surface area contributed by atoms with Gasteiger partial charge in [-0.2, -0.15) is 0 Å². The Bertz CT molecular complexity index is 543. The number of hydrogen-bond acceptors (Lipinski definition) is 2. The molecule has 0 aromatic carbocycles. The first-order valence-corrected chi connectivity index (χ1v) is 19.6. The normalized spacial score (nSPS) is 11.3. The largest absolute Gasteiger partial charge is 0.481 e. The fraction of sp³-hybridized carbons (Fsp3) is 0.949. The highest BCUT2D eigenvalue weighted by molar-refractivity contribution is 5.93. The molecule has 0 saturated heterocycles. The van der Waals surface area contributed by atoms with Crippen LogP contribution in [0.4, 0.5) is 0 Å². The van der Waals surface area contributed by atoms with Crippen LogP contribution in [-0.2, 0) is 9.59 Å². The molecule has 0 atom stereocenters. The Hall–Kier alpha value is -1.06. The van der Waals surface area contributed by atoms with Crippen molar-refractivity contribution in [1.29, 1.82) is 0 Å². The maximum atomic E-state index is 12.5. The van der Waals surface area contributed by atoms with Crippen LogP contribution < -0.4 is 0 Å². The van der Waals surface area contributed by atoms with Gasteiger partial charge in [-0.15, -0.1) is 0 Å². The molecule has 0 aliphatic heterocycles. The van der Waals surface area contributed by atoms with Gasteiger partial charge in [-0.05, 0) is 12.8 Å². The molecule has 0 heterocycles. The molecule has 4 heteroatoms. The molecule has 0 rings (SSSR count). The van der Waals surface area contributed by atoms with Gasteiger partial charge in [0, 0.05) is 13.1 Å². The molecule has 0 bridgehead atoms. The van der Waals surface area contributed by atoms with Gasteiger partial charge in [-0.3, -0.25) is 9.59 Å². The van der Waals surface area contributed by atoms with Crippen LogP contribution in [-0.4, -0.2) is 35.0 Å². The van der Waals surface area contributed by atoms with Crippen LogP contribution in [0.3, 0.4) is 0 Å². The van der Waals surface area contributed by atoms with Crippen molar-refractivity contribution in [3.63, 3.8) is 0 Å². The van der Waals surface area contributed by atoms with Gasteiger partial charge in [0.15, 0.2) is 0 Å². The van der Waals surface area contributed by atoms with E-state index in [1.807, 2.05) is 4.90 Å². The monoisotopic (exact) mass is 608 g/mol. The van der Waals surface area contributed by atoms with Gasteiger partial charge >= 0.3 is 5.97 Å². The lowest BCUT2D eigenvalue weighted by molar-refractivity contribution is -0.144. The Kier molecular flexibility index (Phi) is 34.5. The first-order valence-electron chi connectivity index (χ1n) is 19.6. The molecule has 0 aromatic heterocycles. The quantitative estimate of drug-likeness (QED) is 0.0569. The van der Waals surface area contributed by atoms with E-state index in [4.69, 9.17) is 5.11 Å². The first kappa shape index (κ1) is 41.9. The van der Waals surface area contributed by atoms with Crippen LogP contribution in [0.25, 0.3) is 0 Å². The Balaban J connectivity index is 3.68. The number of carbonyl (C=O) groups excluding carboxylic acids is 1. The van der Waals surface area contributed by atoms with E-state index in [-0.39, 0.29) is 12.3 Å². The van der Waals surface area contributed by atoms with Gasteiger partial charge in [-0.25, -0.2) is 0 Å². The molecule has 256 valence electrons. The minimum absolute atomic E-state index is 0.200. The van der Waals surface area contributed by atoms with Gasteiger partial charge in [0.25, 0.3) is 0 Å². The SMILES string of the molecule is CCCCCCCCCCCCCCCCCCN(CCCCCCCCCCCCCCCCCC)C(=O)CC(=O)O. The molecule has 4 nitrogen and oxygen atoms in total. The highest BCUT2D eigenvalue weighted by Gasteiger charge is 2.16. The number of carbonyl (C=O) groups is 2. The lowest BCUT2D eigenvalue weighted by Crippen LogP contribution is -2.34. The van der Waals surface area contributed by atoms with E-state index >= 15 is 0 Å². The number of aliphatic carboxylic acids is 1. The summed E-state index contributed by atoms with van der Waals surface area (Å²) in [5.74, 6) is -1.21. The van der Waals surface area contributed by atoms with Crippen LogP contribution >= 0.6 is 0 Å². The summed E-state index contributed by atoms with van der Waals surface area (Å²) in [5.41, 5.74) is 0. The lowest BCUT2D eigenvalue weighted by atomic mass is 10.0. The van der Waals surface area contributed by atoms with Crippen LogP contribution in [0.5, 0.6) is 0 Å². The number of carboxylic acid groups (broad SMARTS) is 1. The van der Waals surface area contributed by atoms with E-state index < -0.39 is 5.97 Å². The van der Waals surface area contributed by atoms with Crippen molar-refractivity contribution in [3.8, 4) is 0 Å².